The highest BCUT2D eigenvalue weighted by Crippen LogP contribution is 2.25. The monoisotopic (exact) mass is 305 g/mol. The van der Waals surface area contributed by atoms with E-state index in [1.54, 1.807) is 16.6 Å². The van der Waals surface area contributed by atoms with Gasteiger partial charge in [-0.3, -0.25) is 4.79 Å². The fourth-order valence-corrected chi connectivity index (χ4v) is 2.86. The second-order valence-corrected chi connectivity index (χ2v) is 6.30. The molecule has 0 N–H and O–H groups in total. The van der Waals surface area contributed by atoms with Gasteiger partial charge in [0.05, 0.1) is 11.3 Å². The molecule has 0 saturated heterocycles. The van der Waals surface area contributed by atoms with Crippen LogP contribution in [0.5, 0.6) is 0 Å². The maximum atomic E-state index is 12.5. The molecule has 0 radical (unpaired) electrons. The highest BCUT2D eigenvalue weighted by molar-refractivity contribution is 8.00. The van der Waals surface area contributed by atoms with Gasteiger partial charge in [-0.2, -0.15) is 0 Å². The molecule has 1 amide bonds. The maximum Gasteiger partial charge on any atom is 0.240 e. The summed E-state index contributed by atoms with van der Waals surface area (Å²) in [6, 6.07) is 9.74. The molecule has 1 aromatic heterocycles. The van der Waals surface area contributed by atoms with Crippen LogP contribution in [0.1, 0.15) is 26.8 Å². The summed E-state index contributed by atoms with van der Waals surface area (Å²) in [6.07, 6.45) is 0. The number of thioether (sulfide) groups is 1. The van der Waals surface area contributed by atoms with Gasteiger partial charge in [0.15, 0.2) is 0 Å². The van der Waals surface area contributed by atoms with Gasteiger partial charge in [-0.1, -0.05) is 30.0 Å². The average Bonchev–Trinajstić information content (AvgIpc) is 2.95. The number of carbonyl (C=O) groups is 1. The number of nitrogens with zero attached hydrogens (tertiary/aromatic N) is 5. The van der Waals surface area contributed by atoms with Gasteiger partial charge in [0, 0.05) is 12.7 Å². The van der Waals surface area contributed by atoms with Crippen molar-refractivity contribution in [1.29, 1.82) is 0 Å². The number of hydrogen-bond donors (Lipinski definition) is 0. The Bertz CT molecular complexity index is 598. The highest BCUT2D eigenvalue weighted by Gasteiger charge is 2.23. The second kappa shape index (κ2) is 6.71. The van der Waals surface area contributed by atoms with E-state index in [0.717, 1.165) is 5.69 Å². The molecule has 2 aromatic rings. The largest absolute Gasteiger partial charge is 0.315 e. The Morgan fingerprint density at radius 2 is 1.90 bits per heavy atom. The molecule has 6 nitrogen and oxygen atoms in total. The summed E-state index contributed by atoms with van der Waals surface area (Å²) in [7, 11) is 1.78. The number of hydrogen-bond acceptors (Lipinski definition) is 5. The summed E-state index contributed by atoms with van der Waals surface area (Å²) in [5, 5.41) is 12.0. The van der Waals surface area contributed by atoms with Gasteiger partial charge in [-0.25, -0.2) is 4.68 Å². The Kier molecular flexibility index (Phi) is 4.95. The van der Waals surface area contributed by atoms with Crippen molar-refractivity contribution in [3.63, 3.8) is 0 Å². The van der Waals surface area contributed by atoms with Crippen LogP contribution in [0, 0.1) is 0 Å². The minimum atomic E-state index is -0.265. The first kappa shape index (κ1) is 15.5. The first-order valence-electron chi connectivity index (χ1n) is 6.78. The predicted octanol–water partition coefficient (Wildman–Crippen LogP) is 2.40. The van der Waals surface area contributed by atoms with Crippen molar-refractivity contribution in [2.24, 2.45) is 0 Å². The zero-order valence-electron chi connectivity index (χ0n) is 12.6. The van der Waals surface area contributed by atoms with Gasteiger partial charge in [-0.05, 0) is 43.3 Å². The van der Waals surface area contributed by atoms with Gasteiger partial charge < -0.3 is 4.90 Å². The van der Waals surface area contributed by atoms with Crippen molar-refractivity contribution < 1.29 is 4.79 Å². The van der Waals surface area contributed by atoms with Crippen molar-refractivity contribution in [2.45, 2.75) is 37.2 Å². The minimum absolute atomic E-state index is 0.0181. The number of carbonyl (C=O) groups excluding carboxylic acids is 1. The average molecular weight is 305 g/mol. The predicted molar refractivity (Wildman–Crippen MR) is 83.4 cm³/mol. The van der Waals surface area contributed by atoms with Crippen molar-refractivity contribution in [3.8, 4) is 0 Å². The molecule has 7 heteroatoms. The minimum Gasteiger partial charge on any atom is -0.315 e. The maximum absolute atomic E-state index is 12.5. The van der Waals surface area contributed by atoms with E-state index in [9.17, 15) is 4.79 Å². The van der Waals surface area contributed by atoms with E-state index in [2.05, 4.69) is 15.5 Å². The van der Waals surface area contributed by atoms with E-state index >= 15 is 0 Å². The standard InChI is InChI=1S/C14H19N5OS/c1-10(2)19-14(15-16-17-19)21-11(3)13(20)18(4)12-8-6-5-7-9-12/h5-11H,1-4H3/t11-/m0/s1. The van der Waals surface area contributed by atoms with Crippen LogP contribution in [0.3, 0.4) is 0 Å². The SMILES string of the molecule is CC(C)n1nnnc1S[C@@H](C)C(=O)N(C)c1ccccc1. The van der Waals surface area contributed by atoms with Gasteiger partial charge >= 0.3 is 0 Å². The molecule has 21 heavy (non-hydrogen) atoms. The Morgan fingerprint density at radius 1 is 1.24 bits per heavy atom. The Balaban J connectivity index is 2.08. The number of aromatic nitrogens is 4. The number of rotatable bonds is 5. The molecule has 1 atom stereocenters. The van der Waals surface area contributed by atoms with Crippen LogP contribution in [0.2, 0.25) is 0 Å². The van der Waals surface area contributed by atoms with Crippen LogP contribution in [0.15, 0.2) is 35.5 Å². The number of tetrazole rings is 1. The molecule has 0 aliphatic heterocycles. The lowest BCUT2D eigenvalue weighted by molar-refractivity contribution is -0.117. The fraction of sp³-hybridized carbons (Fsp3) is 0.429. The van der Waals surface area contributed by atoms with Gasteiger partial charge in [0.1, 0.15) is 0 Å². The zero-order valence-corrected chi connectivity index (χ0v) is 13.4. The van der Waals surface area contributed by atoms with Crippen molar-refractivity contribution in [1.82, 2.24) is 20.2 Å². The third-order valence-electron chi connectivity index (χ3n) is 3.06. The Hall–Kier alpha value is -1.89. The summed E-state index contributed by atoms with van der Waals surface area (Å²) in [5.41, 5.74) is 0.874. The molecule has 2 rings (SSSR count). The molecule has 0 aliphatic rings. The molecule has 112 valence electrons. The lowest BCUT2D eigenvalue weighted by Gasteiger charge is -2.21. The molecule has 0 unspecified atom stereocenters. The molecular weight excluding hydrogens is 286 g/mol. The summed E-state index contributed by atoms with van der Waals surface area (Å²) in [4.78, 5) is 14.1. The van der Waals surface area contributed by atoms with E-state index in [1.807, 2.05) is 51.1 Å². The highest BCUT2D eigenvalue weighted by atomic mass is 32.2. The number of amides is 1. The molecular formula is C14H19N5OS. The van der Waals surface area contributed by atoms with Crippen LogP contribution in [0.25, 0.3) is 0 Å². The van der Waals surface area contributed by atoms with Gasteiger partial charge in [0.25, 0.3) is 0 Å². The molecule has 0 spiro atoms. The molecule has 1 aromatic carbocycles. The van der Waals surface area contributed by atoms with Crippen LogP contribution in [-0.4, -0.2) is 38.4 Å². The first-order valence-corrected chi connectivity index (χ1v) is 7.65. The smallest absolute Gasteiger partial charge is 0.240 e. The normalized spacial score (nSPS) is 12.4. The Labute approximate surface area is 128 Å². The number of anilines is 1. The summed E-state index contributed by atoms with van der Waals surface area (Å²) < 4.78 is 1.72. The quantitative estimate of drug-likeness (QED) is 0.794. The van der Waals surface area contributed by atoms with E-state index in [4.69, 9.17) is 0 Å². The van der Waals surface area contributed by atoms with Crippen LogP contribution in [-0.2, 0) is 4.79 Å². The lowest BCUT2D eigenvalue weighted by Crippen LogP contribution is -2.33. The van der Waals surface area contributed by atoms with E-state index in [-0.39, 0.29) is 17.2 Å². The topological polar surface area (TPSA) is 63.9 Å². The van der Waals surface area contributed by atoms with Crippen molar-refractivity contribution in [2.75, 3.05) is 11.9 Å². The van der Waals surface area contributed by atoms with Crippen molar-refractivity contribution >= 4 is 23.4 Å². The first-order chi connectivity index (χ1) is 10.0. The molecule has 0 bridgehead atoms. The summed E-state index contributed by atoms with van der Waals surface area (Å²) in [6.45, 7) is 5.87. The number of benzene rings is 1. The second-order valence-electron chi connectivity index (χ2n) is 4.99. The summed E-state index contributed by atoms with van der Waals surface area (Å²) in [5.74, 6) is 0.0181. The molecule has 1 heterocycles. The third-order valence-corrected chi connectivity index (χ3v) is 4.09. The van der Waals surface area contributed by atoms with Crippen molar-refractivity contribution in [3.05, 3.63) is 30.3 Å². The van der Waals surface area contributed by atoms with E-state index < -0.39 is 0 Å². The molecule has 0 aliphatic carbocycles. The zero-order chi connectivity index (χ0) is 15.4. The van der Waals surface area contributed by atoms with Gasteiger partial charge in [0.2, 0.25) is 11.1 Å². The Morgan fingerprint density at radius 3 is 2.52 bits per heavy atom. The summed E-state index contributed by atoms with van der Waals surface area (Å²) >= 11 is 1.37. The number of para-hydroxylation sites is 1. The van der Waals surface area contributed by atoms with Crippen LogP contribution < -0.4 is 4.90 Å². The van der Waals surface area contributed by atoms with Gasteiger partial charge in [-0.15, -0.1) is 5.10 Å². The fourth-order valence-electron chi connectivity index (χ4n) is 1.85. The van der Waals surface area contributed by atoms with Crippen LogP contribution in [0.4, 0.5) is 5.69 Å². The molecule has 0 fully saturated rings. The lowest BCUT2D eigenvalue weighted by atomic mass is 10.3. The van der Waals surface area contributed by atoms with E-state index in [1.165, 1.54) is 11.8 Å². The van der Waals surface area contributed by atoms with E-state index in [0.29, 0.717) is 5.16 Å². The third kappa shape index (κ3) is 3.60. The van der Waals surface area contributed by atoms with Crippen LogP contribution >= 0.6 is 11.8 Å². The molecule has 0 saturated carbocycles.